The first-order valence-electron chi connectivity index (χ1n) is 13.4. The monoisotopic (exact) mass is 523 g/mol. The standard InChI is InChI=1S/C29H35NO4S.C2H6/c1-5-27(31)21-7-6-8-24(11-9-21)35(32,33)25-12-10-22-18-23(17-20-13-15-34-16-14-20)28(29(2,3)4)30-26(22)19-25;1-2/h5-7,9-12,19-20,23H,1,8,13-18H2,2-4H3;1-2H3. The van der Waals surface area contributed by atoms with Crippen molar-refractivity contribution in [1.82, 2.24) is 0 Å². The van der Waals surface area contributed by atoms with Crippen molar-refractivity contribution in [3.8, 4) is 0 Å². The average molecular weight is 524 g/mol. The smallest absolute Gasteiger partial charge is 0.203 e. The molecule has 1 fully saturated rings. The van der Waals surface area contributed by atoms with Crippen molar-refractivity contribution >= 4 is 27.0 Å². The number of carbonyl (C=O) groups excluding carboxylic acids is 1. The Morgan fingerprint density at radius 2 is 1.86 bits per heavy atom. The Bertz CT molecular complexity index is 1240. The largest absolute Gasteiger partial charge is 0.381 e. The fraction of sp³-hybridized carbons (Fsp3) is 0.484. The van der Waals surface area contributed by atoms with Crippen LogP contribution in [0.15, 0.2) is 75.5 Å². The second kappa shape index (κ2) is 12.3. The lowest BCUT2D eigenvalue weighted by Crippen LogP contribution is -2.34. The van der Waals surface area contributed by atoms with Crippen LogP contribution in [-0.2, 0) is 25.8 Å². The lowest BCUT2D eigenvalue weighted by Gasteiger charge is -2.35. The highest BCUT2D eigenvalue weighted by Crippen LogP contribution is 2.40. The Morgan fingerprint density at radius 1 is 1.16 bits per heavy atom. The molecule has 1 aromatic rings. The summed E-state index contributed by atoms with van der Waals surface area (Å²) in [5.74, 6) is 0.765. The maximum absolute atomic E-state index is 13.5. The van der Waals surface area contributed by atoms with Gasteiger partial charge in [-0.05, 0) is 61.4 Å². The molecule has 2 aliphatic heterocycles. The lowest BCUT2D eigenvalue weighted by atomic mass is 9.73. The molecule has 5 nitrogen and oxygen atoms in total. The molecular weight excluding hydrogens is 482 g/mol. The summed E-state index contributed by atoms with van der Waals surface area (Å²) in [6, 6.07) is 5.35. The van der Waals surface area contributed by atoms with Crippen LogP contribution in [0, 0.1) is 17.3 Å². The number of ether oxygens (including phenoxy) is 1. The molecule has 0 bridgehead atoms. The van der Waals surface area contributed by atoms with E-state index in [1.165, 1.54) is 12.2 Å². The number of ketones is 1. The highest BCUT2D eigenvalue weighted by Gasteiger charge is 2.34. The number of hydrogen-bond acceptors (Lipinski definition) is 5. The summed E-state index contributed by atoms with van der Waals surface area (Å²) >= 11 is 0. The zero-order valence-electron chi connectivity index (χ0n) is 22.9. The van der Waals surface area contributed by atoms with Gasteiger partial charge in [-0.25, -0.2) is 8.42 Å². The van der Waals surface area contributed by atoms with Crippen LogP contribution in [0.5, 0.6) is 0 Å². The molecule has 1 saturated heterocycles. The van der Waals surface area contributed by atoms with E-state index in [9.17, 15) is 13.2 Å². The summed E-state index contributed by atoms with van der Waals surface area (Å²) in [5.41, 5.74) is 3.32. The van der Waals surface area contributed by atoms with Gasteiger partial charge < -0.3 is 4.74 Å². The second-order valence-corrected chi connectivity index (χ2v) is 12.7. The molecule has 0 N–H and O–H groups in total. The van der Waals surface area contributed by atoms with Gasteiger partial charge in [-0.2, -0.15) is 0 Å². The summed E-state index contributed by atoms with van der Waals surface area (Å²) < 4.78 is 32.5. The molecule has 0 radical (unpaired) electrons. The molecule has 4 rings (SSSR count). The summed E-state index contributed by atoms with van der Waals surface area (Å²) in [5, 5.41) is 0. The first kappa shape index (κ1) is 29.0. The van der Waals surface area contributed by atoms with Crippen LogP contribution < -0.4 is 0 Å². The van der Waals surface area contributed by atoms with E-state index in [4.69, 9.17) is 9.73 Å². The van der Waals surface area contributed by atoms with Crippen molar-refractivity contribution in [1.29, 1.82) is 0 Å². The molecular formula is C31H41NO4S. The molecule has 2 heterocycles. The molecule has 1 atom stereocenters. The van der Waals surface area contributed by atoms with Gasteiger partial charge >= 0.3 is 0 Å². The number of aliphatic imine (C=N–C) groups is 1. The van der Waals surface area contributed by atoms with Gasteiger partial charge in [-0.1, -0.05) is 65.5 Å². The van der Waals surface area contributed by atoms with Crippen molar-refractivity contribution < 1.29 is 17.9 Å². The predicted octanol–water partition coefficient (Wildman–Crippen LogP) is 7.12. The number of rotatable bonds is 6. The highest BCUT2D eigenvalue weighted by atomic mass is 32.2. The van der Waals surface area contributed by atoms with Crippen molar-refractivity contribution in [2.75, 3.05) is 13.2 Å². The van der Waals surface area contributed by atoms with Crippen LogP contribution in [0.25, 0.3) is 0 Å². The summed E-state index contributed by atoms with van der Waals surface area (Å²) in [6.45, 7) is 15.7. The van der Waals surface area contributed by atoms with Gasteiger partial charge in [0.2, 0.25) is 9.84 Å². The summed E-state index contributed by atoms with van der Waals surface area (Å²) in [7, 11) is -3.72. The van der Waals surface area contributed by atoms with Gasteiger partial charge in [0.1, 0.15) is 0 Å². The molecule has 200 valence electrons. The van der Waals surface area contributed by atoms with E-state index in [-0.39, 0.29) is 27.4 Å². The molecule has 0 saturated carbocycles. The van der Waals surface area contributed by atoms with E-state index in [2.05, 4.69) is 27.4 Å². The zero-order chi connectivity index (χ0) is 27.2. The van der Waals surface area contributed by atoms with Crippen molar-refractivity contribution in [3.63, 3.8) is 0 Å². The third-order valence-corrected chi connectivity index (χ3v) is 8.94. The van der Waals surface area contributed by atoms with E-state index in [0.717, 1.165) is 55.9 Å². The Balaban J connectivity index is 0.00000186. The first-order valence-corrected chi connectivity index (χ1v) is 14.9. The number of sulfone groups is 1. The van der Waals surface area contributed by atoms with Crippen LogP contribution in [-0.4, -0.2) is 33.1 Å². The number of benzene rings is 1. The minimum Gasteiger partial charge on any atom is -0.381 e. The fourth-order valence-corrected chi connectivity index (χ4v) is 6.55. The van der Waals surface area contributed by atoms with Crippen LogP contribution in [0.3, 0.4) is 0 Å². The quantitative estimate of drug-likeness (QED) is 0.372. The van der Waals surface area contributed by atoms with Gasteiger partial charge in [-0.15, -0.1) is 0 Å². The van der Waals surface area contributed by atoms with E-state index >= 15 is 0 Å². The van der Waals surface area contributed by atoms with Gasteiger partial charge in [0, 0.05) is 42.3 Å². The van der Waals surface area contributed by atoms with E-state index in [0.29, 0.717) is 17.4 Å². The summed E-state index contributed by atoms with van der Waals surface area (Å²) in [6.07, 6.45) is 12.1. The maximum Gasteiger partial charge on any atom is 0.203 e. The number of allylic oxidation sites excluding steroid dienone is 7. The zero-order valence-corrected chi connectivity index (χ0v) is 23.7. The summed E-state index contributed by atoms with van der Waals surface area (Å²) in [4.78, 5) is 17.5. The molecule has 0 amide bonds. The highest BCUT2D eigenvalue weighted by molar-refractivity contribution is 7.95. The molecule has 1 unspecified atom stereocenters. The Labute approximate surface area is 223 Å². The van der Waals surface area contributed by atoms with Gasteiger partial charge in [0.25, 0.3) is 0 Å². The van der Waals surface area contributed by atoms with Crippen molar-refractivity contribution in [2.24, 2.45) is 22.2 Å². The Kier molecular flexibility index (Phi) is 9.65. The van der Waals surface area contributed by atoms with Crippen molar-refractivity contribution in [3.05, 3.63) is 71.2 Å². The molecule has 1 aromatic carbocycles. The van der Waals surface area contributed by atoms with Crippen LogP contribution in [0.2, 0.25) is 0 Å². The maximum atomic E-state index is 13.5. The average Bonchev–Trinajstić information content (AvgIpc) is 3.16. The fourth-order valence-electron chi connectivity index (χ4n) is 5.17. The molecule has 6 heteroatoms. The Morgan fingerprint density at radius 3 is 2.51 bits per heavy atom. The normalized spacial score (nSPS) is 20.4. The van der Waals surface area contributed by atoms with Crippen LogP contribution >= 0.6 is 0 Å². The molecule has 0 spiro atoms. The van der Waals surface area contributed by atoms with Crippen LogP contribution in [0.4, 0.5) is 5.69 Å². The molecule has 3 aliphatic rings. The molecule has 1 aliphatic carbocycles. The topological polar surface area (TPSA) is 72.8 Å². The number of carbonyl (C=O) groups is 1. The van der Waals surface area contributed by atoms with Gasteiger partial charge in [0.05, 0.1) is 15.5 Å². The Hall–Kier alpha value is -2.57. The predicted molar refractivity (Wildman–Crippen MR) is 152 cm³/mol. The third kappa shape index (κ3) is 6.85. The van der Waals surface area contributed by atoms with Crippen LogP contribution in [0.1, 0.15) is 65.9 Å². The van der Waals surface area contributed by atoms with Crippen molar-refractivity contribution in [2.45, 2.75) is 71.6 Å². The van der Waals surface area contributed by atoms with Gasteiger partial charge in [0.15, 0.2) is 5.78 Å². The van der Waals surface area contributed by atoms with E-state index in [1.54, 1.807) is 30.4 Å². The third-order valence-electron chi connectivity index (χ3n) is 7.07. The first-order chi connectivity index (χ1) is 17.6. The molecule has 0 aromatic heterocycles. The minimum atomic E-state index is -3.72. The lowest BCUT2D eigenvalue weighted by molar-refractivity contribution is -0.111. The van der Waals surface area contributed by atoms with E-state index in [1.807, 2.05) is 19.9 Å². The van der Waals surface area contributed by atoms with E-state index < -0.39 is 9.84 Å². The minimum absolute atomic E-state index is 0.101. The number of nitrogens with zero attached hydrogens (tertiary/aromatic N) is 1. The number of hydrogen-bond donors (Lipinski definition) is 0. The number of fused-ring (bicyclic) bond motifs is 1. The SMILES string of the molecule is C=CC(=O)C1=CC=C(S(=O)(=O)c2ccc3c(c2)N=C(C(C)(C)C)C(CC2CCOCC2)C3)CC=C1.CC. The molecule has 37 heavy (non-hydrogen) atoms. The second-order valence-electron chi connectivity index (χ2n) is 10.7. The van der Waals surface area contributed by atoms with Gasteiger partial charge in [-0.3, -0.25) is 9.79 Å².